The van der Waals surface area contributed by atoms with E-state index in [1.54, 1.807) is 23.5 Å². The summed E-state index contributed by atoms with van der Waals surface area (Å²) in [6.07, 6.45) is 1.22. The van der Waals surface area contributed by atoms with Crippen LogP contribution in [-0.4, -0.2) is 14.7 Å². The molecule has 0 aliphatic rings. The Balaban J connectivity index is 2.00. The van der Waals surface area contributed by atoms with E-state index in [1.807, 2.05) is 18.2 Å². The van der Waals surface area contributed by atoms with Gasteiger partial charge in [0.2, 0.25) is 0 Å². The summed E-state index contributed by atoms with van der Waals surface area (Å²) in [4.78, 5) is 1.62. The van der Waals surface area contributed by atoms with Crippen LogP contribution in [0.15, 0.2) is 45.1 Å². The largest absolute Gasteiger partial charge is 0.305 e. The van der Waals surface area contributed by atoms with Gasteiger partial charge in [0.25, 0.3) is 0 Å². The van der Waals surface area contributed by atoms with Gasteiger partial charge in [0.1, 0.15) is 0 Å². The molecule has 0 spiro atoms. The highest BCUT2D eigenvalue weighted by Crippen LogP contribution is 2.28. The molecule has 3 nitrogen and oxygen atoms in total. The van der Waals surface area contributed by atoms with Crippen LogP contribution in [0.25, 0.3) is 0 Å². The lowest BCUT2D eigenvalue weighted by Crippen LogP contribution is -2.17. The van der Waals surface area contributed by atoms with Crippen LogP contribution in [0.2, 0.25) is 0 Å². The molecule has 0 amide bonds. The molecule has 1 N–H and O–H groups in total. The van der Waals surface area contributed by atoms with Gasteiger partial charge in [-0.15, -0.1) is 11.3 Å². The molecule has 20 heavy (non-hydrogen) atoms. The minimum Gasteiger partial charge on any atom is -0.305 e. The summed E-state index contributed by atoms with van der Waals surface area (Å²) in [6, 6.07) is 9.29. The highest BCUT2D eigenvalue weighted by molar-refractivity contribution is 9.10. The molecule has 2 aromatic rings. The summed E-state index contributed by atoms with van der Waals surface area (Å²) in [5.41, 5.74) is 1.07. The Kier molecular flexibility index (Phi) is 5.01. The van der Waals surface area contributed by atoms with E-state index in [2.05, 4.69) is 33.6 Å². The predicted octanol–water partition coefficient (Wildman–Crippen LogP) is 3.76. The average molecular weight is 374 g/mol. The molecule has 0 saturated carbocycles. The first-order chi connectivity index (χ1) is 9.38. The Bertz CT molecular complexity index is 677. The van der Waals surface area contributed by atoms with Crippen LogP contribution in [-0.2, 0) is 16.4 Å². The van der Waals surface area contributed by atoms with Crippen molar-refractivity contribution in [2.45, 2.75) is 24.4 Å². The minimum atomic E-state index is -3.12. The maximum atomic E-state index is 11.4. The molecule has 0 bridgehead atoms. The van der Waals surface area contributed by atoms with Crippen LogP contribution in [0, 0.1) is 0 Å². The van der Waals surface area contributed by atoms with Gasteiger partial charge in [-0.2, -0.15) is 0 Å². The summed E-state index contributed by atoms with van der Waals surface area (Å²) in [5, 5.41) is 5.49. The van der Waals surface area contributed by atoms with E-state index in [-0.39, 0.29) is 6.04 Å². The van der Waals surface area contributed by atoms with Crippen LogP contribution in [0.1, 0.15) is 23.4 Å². The molecule has 1 unspecified atom stereocenters. The summed E-state index contributed by atoms with van der Waals surface area (Å²) in [7, 11) is -3.12. The second-order valence-electron chi connectivity index (χ2n) is 4.65. The van der Waals surface area contributed by atoms with E-state index < -0.39 is 9.84 Å². The van der Waals surface area contributed by atoms with Crippen molar-refractivity contribution in [1.82, 2.24) is 5.32 Å². The fourth-order valence-corrected chi connectivity index (χ4v) is 4.21. The zero-order valence-electron chi connectivity index (χ0n) is 11.3. The van der Waals surface area contributed by atoms with E-state index >= 15 is 0 Å². The van der Waals surface area contributed by atoms with Gasteiger partial charge in [-0.1, -0.05) is 12.1 Å². The average Bonchev–Trinajstić information content (AvgIpc) is 2.82. The van der Waals surface area contributed by atoms with Gasteiger partial charge in [0.15, 0.2) is 9.84 Å². The third kappa shape index (κ3) is 3.91. The van der Waals surface area contributed by atoms with Gasteiger partial charge in [-0.25, -0.2) is 8.42 Å². The summed E-state index contributed by atoms with van der Waals surface area (Å²) < 4.78 is 23.9. The van der Waals surface area contributed by atoms with Crippen LogP contribution < -0.4 is 5.32 Å². The standard InChI is InChI=1S/C14H16BrNO2S2/c1-10(14-13(15)7-8-19-14)16-9-11-3-5-12(6-4-11)20(2,17)18/h3-8,10,16H,9H2,1-2H3. The third-order valence-electron chi connectivity index (χ3n) is 3.00. The van der Waals surface area contributed by atoms with Gasteiger partial charge in [-0.3, -0.25) is 0 Å². The minimum absolute atomic E-state index is 0.249. The number of rotatable bonds is 5. The molecule has 0 radical (unpaired) electrons. The fraction of sp³-hybridized carbons (Fsp3) is 0.286. The molecule has 1 aromatic carbocycles. The second-order valence-corrected chi connectivity index (χ2v) is 8.47. The highest BCUT2D eigenvalue weighted by atomic mass is 79.9. The molecule has 2 rings (SSSR count). The predicted molar refractivity (Wildman–Crippen MR) is 86.8 cm³/mol. The molecule has 0 aliphatic carbocycles. The van der Waals surface area contributed by atoms with Crippen molar-refractivity contribution in [3.05, 3.63) is 50.6 Å². The molecule has 0 aliphatic heterocycles. The van der Waals surface area contributed by atoms with Crippen LogP contribution in [0.4, 0.5) is 0 Å². The van der Waals surface area contributed by atoms with Crippen LogP contribution >= 0.6 is 27.3 Å². The molecular weight excluding hydrogens is 358 g/mol. The van der Waals surface area contributed by atoms with E-state index in [9.17, 15) is 8.42 Å². The molecule has 0 saturated heterocycles. The van der Waals surface area contributed by atoms with Crippen molar-refractivity contribution in [3.63, 3.8) is 0 Å². The lowest BCUT2D eigenvalue weighted by atomic mass is 10.2. The number of hydrogen-bond acceptors (Lipinski definition) is 4. The van der Waals surface area contributed by atoms with Crippen molar-refractivity contribution < 1.29 is 8.42 Å². The van der Waals surface area contributed by atoms with Crippen molar-refractivity contribution >= 4 is 37.1 Å². The Morgan fingerprint density at radius 1 is 1.25 bits per heavy atom. The Morgan fingerprint density at radius 2 is 1.90 bits per heavy atom. The normalized spacial score (nSPS) is 13.3. The number of benzene rings is 1. The Hall–Kier alpha value is -0.690. The van der Waals surface area contributed by atoms with Crippen molar-refractivity contribution in [1.29, 1.82) is 0 Å². The molecule has 6 heteroatoms. The van der Waals surface area contributed by atoms with E-state index in [1.165, 1.54) is 11.1 Å². The summed E-state index contributed by atoms with van der Waals surface area (Å²) in [5.74, 6) is 0. The first-order valence-electron chi connectivity index (χ1n) is 6.13. The van der Waals surface area contributed by atoms with Crippen LogP contribution in [0.3, 0.4) is 0 Å². The number of thiophene rings is 1. The highest BCUT2D eigenvalue weighted by Gasteiger charge is 2.10. The maximum Gasteiger partial charge on any atom is 0.175 e. The van der Waals surface area contributed by atoms with E-state index in [0.29, 0.717) is 11.4 Å². The molecule has 1 atom stereocenters. The molecule has 0 fully saturated rings. The van der Waals surface area contributed by atoms with Gasteiger partial charge in [0.05, 0.1) is 4.90 Å². The van der Waals surface area contributed by atoms with Crippen molar-refractivity contribution in [2.75, 3.05) is 6.26 Å². The van der Waals surface area contributed by atoms with Crippen molar-refractivity contribution in [3.8, 4) is 0 Å². The van der Waals surface area contributed by atoms with Crippen LogP contribution in [0.5, 0.6) is 0 Å². The molecule has 1 aromatic heterocycles. The molecular formula is C14H16BrNO2S2. The monoisotopic (exact) mass is 373 g/mol. The molecule has 108 valence electrons. The fourth-order valence-electron chi connectivity index (χ4n) is 1.83. The van der Waals surface area contributed by atoms with Crippen molar-refractivity contribution in [2.24, 2.45) is 0 Å². The SMILES string of the molecule is CC(NCc1ccc(S(C)(=O)=O)cc1)c1sccc1Br. The number of sulfone groups is 1. The number of nitrogens with one attached hydrogen (secondary N) is 1. The second kappa shape index (κ2) is 6.39. The Morgan fingerprint density at radius 3 is 2.40 bits per heavy atom. The van der Waals surface area contributed by atoms with Gasteiger partial charge >= 0.3 is 0 Å². The lowest BCUT2D eigenvalue weighted by molar-refractivity contribution is 0.581. The lowest BCUT2D eigenvalue weighted by Gasteiger charge is -2.13. The summed E-state index contributed by atoms with van der Waals surface area (Å²) >= 11 is 5.24. The first-order valence-corrected chi connectivity index (χ1v) is 9.69. The zero-order valence-corrected chi connectivity index (χ0v) is 14.5. The van der Waals surface area contributed by atoms with Gasteiger partial charge in [-0.05, 0) is 52.0 Å². The Labute approximate surface area is 132 Å². The summed E-state index contributed by atoms with van der Waals surface area (Å²) in [6.45, 7) is 2.82. The number of halogens is 1. The molecule has 1 heterocycles. The first kappa shape index (κ1) is 15.7. The smallest absolute Gasteiger partial charge is 0.175 e. The zero-order chi connectivity index (χ0) is 14.8. The maximum absolute atomic E-state index is 11.4. The third-order valence-corrected chi connectivity index (χ3v) is 6.18. The van der Waals surface area contributed by atoms with Gasteiger partial charge < -0.3 is 5.32 Å². The van der Waals surface area contributed by atoms with Gasteiger partial charge in [0, 0.05) is 28.2 Å². The number of hydrogen-bond donors (Lipinski definition) is 1. The topological polar surface area (TPSA) is 46.2 Å². The van der Waals surface area contributed by atoms with E-state index in [0.717, 1.165) is 10.0 Å². The quantitative estimate of drug-likeness (QED) is 0.867. The van der Waals surface area contributed by atoms with E-state index in [4.69, 9.17) is 0 Å².